The Bertz CT molecular complexity index is 405. The number of amides is 2. The highest BCUT2D eigenvalue weighted by Gasteiger charge is 2.12. The molecule has 1 heterocycles. The number of carbonyl (C=O) groups excluding carboxylic acids is 2. The molecule has 2 amide bonds. The van der Waals surface area contributed by atoms with E-state index in [1.54, 1.807) is 12.1 Å². The van der Waals surface area contributed by atoms with Crippen LogP contribution in [0.4, 0.5) is 5.69 Å². The van der Waals surface area contributed by atoms with E-state index in [4.69, 9.17) is 10.5 Å². The molecule has 7 nitrogen and oxygen atoms in total. The Labute approximate surface area is 105 Å². The second kappa shape index (κ2) is 7.23. The summed E-state index contributed by atoms with van der Waals surface area (Å²) in [6.45, 7) is 2.90. The number of anilines is 1. The smallest absolute Gasteiger partial charge is 0.313 e. The van der Waals surface area contributed by atoms with E-state index in [1.807, 2.05) is 6.92 Å². The number of ether oxygens (including phenoxy) is 1. The quantitative estimate of drug-likeness (QED) is 0.612. The van der Waals surface area contributed by atoms with Crippen molar-refractivity contribution in [1.29, 1.82) is 0 Å². The van der Waals surface area contributed by atoms with Crippen molar-refractivity contribution in [1.82, 2.24) is 10.3 Å². The van der Waals surface area contributed by atoms with Crippen molar-refractivity contribution in [3.63, 3.8) is 0 Å². The molecule has 7 heteroatoms. The lowest BCUT2D eigenvalue weighted by molar-refractivity contribution is -0.136. The zero-order chi connectivity index (χ0) is 13.4. The van der Waals surface area contributed by atoms with Gasteiger partial charge < -0.3 is 21.1 Å². The molecule has 0 spiro atoms. The minimum absolute atomic E-state index is 0.258. The zero-order valence-corrected chi connectivity index (χ0v) is 10.1. The summed E-state index contributed by atoms with van der Waals surface area (Å²) in [7, 11) is 0. The number of hydrogen-bond donors (Lipinski definition) is 3. The average Bonchev–Trinajstić information content (AvgIpc) is 2.38. The van der Waals surface area contributed by atoms with Gasteiger partial charge in [-0.1, -0.05) is 0 Å². The molecule has 4 N–H and O–H groups in total. The number of rotatable bonds is 5. The first-order valence-electron chi connectivity index (χ1n) is 5.55. The monoisotopic (exact) mass is 252 g/mol. The van der Waals surface area contributed by atoms with Gasteiger partial charge in [0.1, 0.15) is 0 Å². The summed E-state index contributed by atoms with van der Waals surface area (Å²) in [5, 5.41) is 4.77. The van der Waals surface area contributed by atoms with E-state index >= 15 is 0 Å². The van der Waals surface area contributed by atoms with Gasteiger partial charge in [-0.25, -0.2) is 4.98 Å². The van der Waals surface area contributed by atoms with Gasteiger partial charge in [-0.05, 0) is 13.0 Å². The molecular formula is C11H16N4O3. The molecule has 0 aliphatic heterocycles. The fraction of sp³-hybridized carbons (Fsp3) is 0.364. The Balaban J connectivity index is 2.51. The SMILES string of the molecule is CCOc1ccc(NC(=O)C(=O)NCCN)cn1. The summed E-state index contributed by atoms with van der Waals surface area (Å²) in [6, 6.07) is 3.21. The Morgan fingerprint density at radius 1 is 1.39 bits per heavy atom. The molecule has 0 aliphatic carbocycles. The van der Waals surface area contributed by atoms with Gasteiger partial charge >= 0.3 is 11.8 Å². The fourth-order valence-electron chi connectivity index (χ4n) is 1.14. The molecule has 98 valence electrons. The van der Waals surface area contributed by atoms with Crippen LogP contribution in [0.25, 0.3) is 0 Å². The average molecular weight is 252 g/mol. The summed E-state index contributed by atoms with van der Waals surface area (Å²) >= 11 is 0. The van der Waals surface area contributed by atoms with E-state index in [1.165, 1.54) is 6.20 Å². The van der Waals surface area contributed by atoms with E-state index in [0.717, 1.165) is 0 Å². The predicted octanol–water partition coefficient (Wildman–Crippen LogP) is -0.506. The van der Waals surface area contributed by atoms with Crippen molar-refractivity contribution in [3.05, 3.63) is 18.3 Å². The Morgan fingerprint density at radius 3 is 2.72 bits per heavy atom. The normalized spacial score (nSPS) is 9.67. The lowest BCUT2D eigenvalue weighted by Crippen LogP contribution is -2.37. The van der Waals surface area contributed by atoms with E-state index < -0.39 is 11.8 Å². The molecule has 0 unspecified atom stereocenters. The number of nitrogens with two attached hydrogens (primary N) is 1. The molecule has 0 saturated heterocycles. The molecule has 0 atom stereocenters. The van der Waals surface area contributed by atoms with Gasteiger partial charge in [0.05, 0.1) is 18.5 Å². The maximum absolute atomic E-state index is 11.4. The Morgan fingerprint density at radius 2 is 2.17 bits per heavy atom. The van der Waals surface area contributed by atoms with Gasteiger partial charge in [-0.3, -0.25) is 9.59 Å². The highest BCUT2D eigenvalue weighted by atomic mass is 16.5. The Hall–Kier alpha value is -2.15. The van der Waals surface area contributed by atoms with Gasteiger partial charge in [-0.2, -0.15) is 0 Å². The molecule has 0 bridgehead atoms. The van der Waals surface area contributed by atoms with Gasteiger partial charge in [0.15, 0.2) is 0 Å². The van der Waals surface area contributed by atoms with Crippen LogP contribution in [0.15, 0.2) is 18.3 Å². The first-order chi connectivity index (χ1) is 8.67. The summed E-state index contributed by atoms with van der Waals surface area (Å²) in [5.41, 5.74) is 5.63. The third-order valence-electron chi connectivity index (χ3n) is 1.92. The van der Waals surface area contributed by atoms with Gasteiger partial charge in [0.25, 0.3) is 0 Å². The van der Waals surface area contributed by atoms with Crippen molar-refractivity contribution in [2.45, 2.75) is 6.92 Å². The van der Waals surface area contributed by atoms with Crippen LogP contribution in [0.1, 0.15) is 6.92 Å². The van der Waals surface area contributed by atoms with Crippen LogP contribution in [-0.2, 0) is 9.59 Å². The van der Waals surface area contributed by atoms with Gasteiger partial charge in [0, 0.05) is 19.2 Å². The van der Waals surface area contributed by atoms with Crippen molar-refractivity contribution in [3.8, 4) is 5.88 Å². The minimum atomic E-state index is -0.755. The zero-order valence-electron chi connectivity index (χ0n) is 10.1. The summed E-state index contributed by atoms with van der Waals surface area (Å²) in [5.74, 6) is -1.02. The van der Waals surface area contributed by atoms with E-state index in [2.05, 4.69) is 15.6 Å². The van der Waals surface area contributed by atoms with Crippen molar-refractivity contribution in [2.75, 3.05) is 25.0 Å². The molecule has 0 saturated carbocycles. The number of nitrogens with zero attached hydrogens (tertiary/aromatic N) is 1. The molecule has 0 radical (unpaired) electrons. The molecule has 1 rings (SSSR count). The maximum atomic E-state index is 11.4. The highest BCUT2D eigenvalue weighted by molar-refractivity contribution is 6.39. The van der Waals surface area contributed by atoms with E-state index in [9.17, 15) is 9.59 Å². The molecule has 1 aromatic rings. The first-order valence-corrected chi connectivity index (χ1v) is 5.55. The second-order valence-electron chi connectivity index (χ2n) is 3.32. The van der Waals surface area contributed by atoms with E-state index in [0.29, 0.717) is 18.2 Å². The number of nitrogens with one attached hydrogen (secondary N) is 2. The number of carbonyl (C=O) groups is 2. The lowest BCUT2D eigenvalue weighted by atomic mass is 10.4. The largest absolute Gasteiger partial charge is 0.478 e. The third kappa shape index (κ3) is 4.38. The van der Waals surface area contributed by atoms with Crippen LogP contribution in [-0.4, -0.2) is 36.5 Å². The van der Waals surface area contributed by atoms with Crippen LogP contribution in [0, 0.1) is 0 Å². The highest BCUT2D eigenvalue weighted by Crippen LogP contribution is 2.11. The first kappa shape index (κ1) is 13.9. The van der Waals surface area contributed by atoms with Gasteiger partial charge in [0.2, 0.25) is 5.88 Å². The molecule has 0 aromatic carbocycles. The molecule has 18 heavy (non-hydrogen) atoms. The van der Waals surface area contributed by atoms with Crippen LogP contribution >= 0.6 is 0 Å². The summed E-state index contributed by atoms with van der Waals surface area (Å²) in [4.78, 5) is 26.6. The number of pyridine rings is 1. The van der Waals surface area contributed by atoms with E-state index in [-0.39, 0.29) is 13.1 Å². The topological polar surface area (TPSA) is 106 Å². The molecule has 0 fully saturated rings. The van der Waals surface area contributed by atoms with Crippen LogP contribution in [0.5, 0.6) is 5.88 Å². The van der Waals surface area contributed by atoms with Crippen LogP contribution in [0.3, 0.4) is 0 Å². The third-order valence-corrected chi connectivity index (χ3v) is 1.92. The summed E-state index contributed by atoms with van der Waals surface area (Å²) < 4.78 is 5.15. The second-order valence-corrected chi connectivity index (χ2v) is 3.32. The number of hydrogen-bond acceptors (Lipinski definition) is 5. The molecular weight excluding hydrogens is 236 g/mol. The van der Waals surface area contributed by atoms with Crippen LogP contribution < -0.4 is 21.1 Å². The maximum Gasteiger partial charge on any atom is 0.313 e. The van der Waals surface area contributed by atoms with Crippen LogP contribution in [0.2, 0.25) is 0 Å². The predicted molar refractivity (Wildman–Crippen MR) is 66.1 cm³/mol. The van der Waals surface area contributed by atoms with Crippen molar-refractivity contribution >= 4 is 17.5 Å². The number of aromatic nitrogens is 1. The Kier molecular flexibility index (Phi) is 5.59. The molecule has 0 aliphatic rings. The van der Waals surface area contributed by atoms with Crippen molar-refractivity contribution < 1.29 is 14.3 Å². The fourth-order valence-corrected chi connectivity index (χ4v) is 1.14. The lowest BCUT2D eigenvalue weighted by Gasteiger charge is -2.06. The van der Waals surface area contributed by atoms with Gasteiger partial charge in [-0.15, -0.1) is 0 Å². The summed E-state index contributed by atoms with van der Waals surface area (Å²) in [6.07, 6.45) is 1.42. The molecule has 1 aromatic heterocycles. The van der Waals surface area contributed by atoms with Crippen molar-refractivity contribution in [2.24, 2.45) is 5.73 Å². The minimum Gasteiger partial charge on any atom is -0.478 e. The standard InChI is InChI=1S/C11H16N4O3/c1-2-18-9-4-3-8(7-14-9)15-11(17)10(16)13-6-5-12/h3-4,7H,2,5-6,12H2,1H3,(H,13,16)(H,15,17).